The van der Waals surface area contributed by atoms with E-state index in [1.54, 1.807) is 0 Å². The summed E-state index contributed by atoms with van der Waals surface area (Å²) in [6, 6.07) is 10.1. The molecule has 2 N–H and O–H groups in total. The first kappa shape index (κ1) is 11.9. The fraction of sp³-hybridized carbons (Fsp3) is 0.333. The van der Waals surface area contributed by atoms with E-state index in [1.165, 1.54) is 0 Å². The lowest BCUT2D eigenvalue weighted by atomic mass is 9.83. The molecule has 17 heavy (non-hydrogen) atoms. The summed E-state index contributed by atoms with van der Waals surface area (Å²) in [6.07, 6.45) is 7.04. The van der Waals surface area contributed by atoms with E-state index in [-0.39, 0.29) is 5.92 Å². The van der Waals surface area contributed by atoms with Crippen molar-refractivity contribution in [1.29, 1.82) is 0 Å². The fourth-order valence-electron chi connectivity index (χ4n) is 2.12. The summed E-state index contributed by atoms with van der Waals surface area (Å²) in [4.78, 5) is 0. The molecule has 0 heterocycles. The molecule has 0 saturated carbocycles. The molecule has 0 radical (unpaired) electrons. The predicted molar refractivity (Wildman–Crippen MR) is 71.7 cm³/mol. The first-order chi connectivity index (χ1) is 8.07. The third-order valence-corrected chi connectivity index (χ3v) is 3.07. The summed E-state index contributed by atoms with van der Waals surface area (Å²) in [6.45, 7) is 3.72. The van der Waals surface area contributed by atoms with Crippen LogP contribution in [0.2, 0.25) is 0 Å². The molecule has 1 unspecified atom stereocenters. The first-order valence-electron chi connectivity index (χ1n) is 5.98. The summed E-state index contributed by atoms with van der Waals surface area (Å²) in [5.41, 5.74) is 1.42. The van der Waals surface area contributed by atoms with Gasteiger partial charge in [0.2, 0.25) is 0 Å². The van der Waals surface area contributed by atoms with Gasteiger partial charge < -0.3 is 10.4 Å². The second-order valence-corrected chi connectivity index (χ2v) is 4.98. The second kappa shape index (κ2) is 4.76. The standard InChI is InChI=1S/C15H19NO/c1-15(2,17)13-10-6-7-11-14(13)16-12-8-4-3-5-9-12/h3-9,11,13,16-17H,10H2,1-2H3. The van der Waals surface area contributed by atoms with Gasteiger partial charge in [0.15, 0.2) is 0 Å². The maximum atomic E-state index is 10.2. The van der Waals surface area contributed by atoms with Crippen LogP contribution in [0.15, 0.2) is 54.3 Å². The number of allylic oxidation sites excluding steroid dienone is 3. The van der Waals surface area contributed by atoms with Crippen molar-refractivity contribution in [2.24, 2.45) is 5.92 Å². The van der Waals surface area contributed by atoms with Gasteiger partial charge in [0.25, 0.3) is 0 Å². The minimum absolute atomic E-state index is 0.118. The van der Waals surface area contributed by atoms with Crippen molar-refractivity contribution < 1.29 is 5.11 Å². The Morgan fingerprint density at radius 1 is 1.24 bits per heavy atom. The molecule has 1 aromatic carbocycles. The monoisotopic (exact) mass is 229 g/mol. The van der Waals surface area contributed by atoms with Crippen LogP contribution in [0.4, 0.5) is 5.69 Å². The van der Waals surface area contributed by atoms with Crippen LogP contribution in [0.3, 0.4) is 0 Å². The van der Waals surface area contributed by atoms with Crippen LogP contribution in [0.1, 0.15) is 20.3 Å². The smallest absolute Gasteiger partial charge is 0.0677 e. The van der Waals surface area contributed by atoms with Crippen molar-refractivity contribution in [1.82, 2.24) is 0 Å². The van der Waals surface area contributed by atoms with Crippen LogP contribution < -0.4 is 5.32 Å². The Bertz CT molecular complexity index is 426. The number of para-hydroxylation sites is 1. The second-order valence-electron chi connectivity index (χ2n) is 4.98. The zero-order valence-corrected chi connectivity index (χ0v) is 10.4. The molecule has 0 bridgehead atoms. The van der Waals surface area contributed by atoms with Crippen LogP contribution in [0, 0.1) is 5.92 Å². The van der Waals surface area contributed by atoms with Gasteiger partial charge in [-0.15, -0.1) is 0 Å². The third-order valence-electron chi connectivity index (χ3n) is 3.07. The highest BCUT2D eigenvalue weighted by molar-refractivity contribution is 5.50. The average molecular weight is 229 g/mol. The van der Waals surface area contributed by atoms with Gasteiger partial charge >= 0.3 is 0 Å². The van der Waals surface area contributed by atoms with Crippen molar-refractivity contribution >= 4 is 5.69 Å². The van der Waals surface area contributed by atoms with Gasteiger partial charge in [-0.25, -0.2) is 0 Å². The quantitative estimate of drug-likeness (QED) is 0.833. The highest BCUT2D eigenvalue weighted by Gasteiger charge is 2.30. The molecule has 0 spiro atoms. The molecule has 0 saturated heterocycles. The lowest BCUT2D eigenvalue weighted by Gasteiger charge is -2.32. The van der Waals surface area contributed by atoms with Crippen molar-refractivity contribution in [2.45, 2.75) is 25.9 Å². The van der Waals surface area contributed by atoms with Crippen LogP contribution in [-0.4, -0.2) is 10.7 Å². The van der Waals surface area contributed by atoms with E-state index >= 15 is 0 Å². The van der Waals surface area contributed by atoms with Crippen molar-refractivity contribution in [2.75, 3.05) is 5.32 Å². The van der Waals surface area contributed by atoms with Crippen LogP contribution in [-0.2, 0) is 0 Å². The fourth-order valence-corrected chi connectivity index (χ4v) is 2.12. The molecule has 1 aromatic rings. The number of aliphatic hydroxyl groups is 1. The van der Waals surface area contributed by atoms with Crippen LogP contribution in [0.25, 0.3) is 0 Å². The summed E-state index contributed by atoms with van der Waals surface area (Å²) >= 11 is 0. The number of nitrogens with one attached hydrogen (secondary N) is 1. The Hall–Kier alpha value is -1.54. The van der Waals surface area contributed by atoms with E-state index < -0.39 is 5.60 Å². The van der Waals surface area contributed by atoms with E-state index in [1.807, 2.05) is 56.3 Å². The maximum Gasteiger partial charge on any atom is 0.0677 e. The number of hydrogen-bond donors (Lipinski definition) is 2. The van der Waals surface area contributed by atoms with Crippen molar-refractivity contribution in [3.63, 3.8) is 0 Å². The van der Waals surface area contributed by atoms with E-state index in [9.17, 15) is 5.11 Å². The number of rotatable bonds is 3. The average Bonchev–Trinajstić information content (AvgIpc) is 2.30. The summed E-state index contributed by atoms with van der Waals surface area (Å²) in [7, 11) is 0. The molecular formula is C15H19NO. The molecule has 1 atom stereocenters. The Kier molecular flexibility index (Phi) is 3.34. The predicted octanol–water partition coefficient (Wildman–Crippen LogP) is 3.33. The normalized spacial score (nSPS) is 19.9. The molecule has 2 heteroatoms. The Labute approximate surface area is 103 Å². The topological polar surface area (TPSA) is 32.3 Å². The van der Waals surface area contributed by atoms with Gasteiger partial charge in [-0.05, 0) is 38.5 Å². The Morgan fingerprint density at radius 3 is 2.59 bits per heavy atom. The van der Waals surface area contributed by atoms with Crippen molar-refractivity contribution in [3.8, 4) is 0 Å². The number of hydrogen-bond acceptors (Lipinski definition) is 2. The summed E-state index contributed by atoms with van der Waals surface area (Å²) in [5, 5.41) is 13.6. The maximum absolute atomic E-state index is 10.2. The van der Waals surface area contributed by atoms with Gasteiger partial charge in [-0.2, -0.15) is 0 Å². The molecule has 1 aliphatic rings. The lowest BCUT2D eigenvalue weighted by molar-refractivity contribution is 0.0335. The van der Waals surface area contributed by atoms with Crippen LogP contribution in [0.5, 0.6) is 0 Å². The Balaban J connectivity index is 2.18. The van der Waals surface area contributed by atoms with Crippen molar-refractivity contribution in [3.05, 3.63) is 54.3 Å². The zero-order valence-electron chi connectivity index (χ0n) is 10.4. The number of benzene rings is 1. The largest absolute Gasteiger partial charge is 0.390 e. The Morgan fingerprint density at radius 2 is 1.94 bits per heavy atom. The minimum atomic E-state index is -0.710. The van der Waals surface area contributed by atoms with Gasteiger partial charge in [-0.1, -0.05) is 30.4 Å². The summed E-state index contributed by atoms with van der Waals surface area (Å²) < 4.78 is 0. The van der Waals surface area contributed by atoms with Gasteiger partial charge in [0.05, 0.1) is 5.60 Å². The van der Waals surface area contributed by atoms with E-state index in [0.717, 1.165) is 17.8 Å². The van der Waals surface area contributed by atoms with Crippen LogP contribution >= 0.6 is 0 Å². The number of anilines is 1. The van der Waals surface area contributed by atoms with E-state index in [0.29, 0.717) is 0 Å². The molecule has 0 aromatic heterocycles. The summed E-state index contributed by atoms with van der Waals surface area (Å²) in [5.74, 6) is 0.118. The molecule has 0 fully saturated rings. The van der Waals surface area contributed by atoms with E-state index in [2.05, 4.69) is 11.4 Å². The van der Waals surface area contributed by atoms with Gasteiger partial charge in [-0.3, -0.25) is 0 Å². The highest BCUT2D eigenvalue weighted by Crippen LogP contribution is 2.31. The molecule has 1 aliphatic carbocycles. The molecule has 2 nitrogen and oxygen atoms in total. The lowest BCUT2D eigenvalue weighted by Crippen LogP contribution is -2.34. The first-order valence-corrected chi connectivity index (χ1v) is 5.98. The molecule has 2 rings (SSSR count). The third kappa shape index (κ3) is 2.98. The van der Waals surface area contributed by atoms with E-state index in [4.69, 9.17) is 0 Å². The SMILES string of the molecule is CC(C)(O)C1CC=CC=C1Nc1ccccc1. The molecule has 0 amide bonds. The molecule has 0 aliphatic heterocycles. The van der Waals surface area contributed by atoms with Gasteiger partial charge in [0.1, 0.15) is 0 Å². The molecular weight excluding hydrogens is 210 g/mol. The highest BCUT2D eigenvalue weighted by atomic mass is 16.3. The molecule has 90 valence electrons. The minimum Gasteiger partial charge on any atom is -0.390 e. The van der Waals surface area contributed by atoms with Gasteiger partial charge in [0, 0.05) is 17.3 Å². The zero-order chi connectivity index (χ0) is 12.3.